The lowest BCUT2D eigenvalue weighted by atomic mass is 10.1. The molecule has 0 saturated heterocycles. The first-order valence-electron chi connectivity index (χ1n) is 7.20. The van der Waals surface area contributed by atoms with Crippen molar-refractivity contribution in [3.8, 4) is 11.5 Å². The molecule has 0 bridgehead atoms. The Balaban J connectivity index is 1.84. The highest BCUT2D eigenvalue weighted by molar-refractivity contribution is 9.10. The zero-order chi connectivity index (χ0) is 16.2. The first-order valence-corrected chi connectivity index (χ1v) is 8.38. The van der Waals surface area contributed by atoms with Gasteiger partial charge in [-0.3, -0.25) is 4.79 Å². The molecule has 0 spiro atoms. The number of hydrogen-bond acceptors (Lipinski definition) is 3. The van der Waals surface area contributed by atoms with Crippen LogP contribution in [-0.2, 0) is 0 Å². The van der Waals surface area contributed by atoms with E-state index in [-0.39, 0.29) is 5.78 Å². The number of halogens is 2. The van der Waals surface area contributed by atoms with Gasteiger partial charge in [0.2, 0.25) is 0 Å². The van der Waals surface area contributed by atoms with Gasteiger partial charge in [-0.15, -0.1) is 0 Å². The highest BCUT2D eigenvalue weighted by Crippen LogP contribution is 2.35. The first-order chi connectivity index (χ1) is 11.1. The molecular formula is C18H14BrClO3. The third-order valence-electron chi connectivity index (χ3n) is 3.40. The first kappa shape index (κ1) is 16.1. The van der Waals surface area contributed by atoms with Gasteiger partial charge in [-0.1, -0.05) is 29.8 Å². The van der Waals surface area contributed by atoms with Gasteiger partial charge in [-0.05, 0) is 51.8 Å². The van der Waals surface area contributed by atoms with Crippen molar-refractivity contribution in [2.45, 2.75) is 6.42 Å². The lowest BCUT2D eigenvalue weighted by Crippen LogP contribution is -1.99. The Bertz CT molecular complexity index is 754. The maximum Gasteiger partial charge on any atom is 0.187 e. The number of ether oxygens (including phenoxy) is 2. The molecule has 1 aliphatic heterocycles. The standard InChI is InChI=1S/C18H14BrClO3/c19-15-11-18-17(22-8-1-9-23-18)10-14(15)16(21)7-4-12-2-5-13(20)6-3-12/h2-7,10-11H,1,8-9H2. The van der Waals surface area contributed by atoms with Crippen LogP contribution >= 0.6 is 27.5 Å². The fraction of sp³-hybridized carbons (Fsp3) is 0.167. The normalized spacial score (nSPS) is 13.8. The summed E-state index contributed by atoms with van der Waals surface area (Å²) in [5, 5.41) is 0.666. The van der Waals surface area contributed by atoms with Gasteiger partial charge in [0.05, 0.1) is 13.2 Å². The Morgan fingerprint density at radius 2 is 1.74 bits per heavy atom. The third kappa shape index (κ3) is 3.95. The number of carbonyl (C=O) groups excluding carboxylic acids is 1. The summed E-state index contributed by atoms with van der Waals surface area (Å²) >= 11 is 9.28. The van der Waals surface area contributed by atoms with Crippen molar-refractivity contribution in [3.05, 3.63) is 63.1 Å². The average molecular weight is 394 g/mol. The number of hydrogen-bond donors (Lipinski definition) is 0. The third-order valence-corrected chi connectivity index (χ3v) is 4.31. The van der Waals surface area contributed by atoms with E-state index in [0.29, 0.717) is 39.8 Å². The second-order valence-electron chi connectivity index (χ2n) is 5.08. The maximum absolute atomic E-state index is 12.4. The minimum absolute atomic E-state index is 0.109. The second kappa shape index (κ2) is 7.20. The van der Waals surface area contributed by atoms with E-state index < -0.39 is 0 Å². The molecule has 23 heavy (non-hydrogen) atoms. The number of rotatable bonds is 3. The Kier molecular flexibility index (Phi) is 5.03. The molecule has 0 atom stereocenters. The van der Waals surface area contributed by atoms with Crippen molar-refractivity contribution >= 4 is 39.4 Å². The fourth-order valence-corrected chi connectivity index (χ4v) is 2.85. The van der Waals surface area contributed by atoms with Gasteiger partial charge < -0.3 is 9.47 Å². The maximum atomic E-state index is 12.4. The van der Waals surface area contributed by atoms with Crippen LogP contribution in [0.3, 0.4) is 0 Å². The minimum atomic E-state index is -0.109. The average Bonchev–Trinajstić information content (AvgIpc) is 2.78. The van der Waals surface area contributed by atoms with Gasteiger partial charge in [-0.2, -0.15) is 0 Å². The van der Waals surface area contributed by atoms with Crippen molar-refractivity contribution in [1.82, 2.24) is 0 Å². The number of allylic oxidation sites excluding steroid dienone is 1. The molecule has 0 N–H and O–H groups in total. The highest BCUT2D eigenvalue weighted by atomic mass is 79.9. The minimum Gasteiger partial charge on any atom is -0.490 e. The molecule has 0 amide bonds. The summed E-state index contributed by atoms with van der Waals surface area (Å²) < 4.78 is 11.9. The molecule has 0 aliphatic carbocycles. The van der Waals surface area contributed by atoms with Gasteiger partial charge >= 0.3 is 0 Å². The smallest absolute Gasteiger partial charge is 0.187 e. The summed E-state index contributed by atoms with van der Waals surface area (Å²) in [6, 6.07) is 10.8. The number of carbonyl (C=O) groups is 1. The largest absolute Gasteiger partial charge is 0.490 e. The molecule has 0 aromatic heterocycles. The van der Waals surface area contributed by atoms with Crippen LogP contribution in [0.2, 0.25) is 5.02 Å². The predicted molar refractivity (Wildman–Crippen MR) is 94.6 cm³/mol. The molecule has 118 valence electrons. The molecular weight excluding hydrogens is 380 g/mol. The Hall–Kier alpha value is -1.78. The molecule has 3 rings (SSSR count). The Morgan fingerprint density at radius 1 is 1.09 bits per heavy atom. The van der Waals surface area contributed by atoms with Crippen LogP contribution in [0.15, 0.2) is 46.9 Å². The fourth-order valence-electron chi connectivity index (χ4n) is 2.21. The molecule has 1 heterocycles. The number of ketones is 1. The van der Waals surface area contributed by atoms with E-state index in [0.717, 1.165) is 12.0 Å². The molecule has 0 radical (unpaired) electrons. The van der Waals surface area contributed by atoms with Crippen LogP contribution in [0.1, 0.15) is 22.3 Å². The summed E-state index contributed by atoms with van der Waals surface area (Å²) in [5.41, 5.74) is 1.45. The topological polar surface area (TPSA) is 35.5 Å². The van der Waals surface area contributed by atoms with Gasteiger partial charge in [0, 0.05) is 21.5 Å². The molecule has 2 aromatic carbocycles. The van der Waals surface area contributed by atoms with Crippen molar-refractivity contribution < 1.29 is 14.3 Å². The zero-order valence-electron chi connectivity index (χ0n) is 12.2. The molecule has 0 fully saturated rings. The lowest BCUT2D eigenvalue weighted by molar-refractivity contribution is 0.104. The number of fused-ring (bicyclic) bond motifs is 1. The molecule has 0 unspecified atom stereocenters. The second-order valence-corrected chi connectivity index (χ2v) is 6.37. The van der Waals surface area contributed by atoms with Crippen LogP contribution in [0.25, 0.3) is 6.08 Å². The summed E-state index contributed by atoms with van der Waals surface area (Å²) in [6.45, 7) is 1.20. The van der Waals surface area contributed by atoms with Crippen LogP contribution in [0, 0.1) is 0 Å². The van der Waals surface area contributed by atoms with E-state index in [9.17, 15) is 4.79 Å². The van der Waals surface area contributed by atoms with Gasteiger partial charge in [0.25, 0.3) is 0 Å². The molecule has 1 aliphatic rings. The zero-order valence-corrected chi connectivity index (χ0v) is 14.6. The molecule has 5 heteroatoms. The van der Waals surface area contributed by atoms with Crippen molar-refractivity contribution in [1.29, 1.82) is 0 Å². The Labute approximate surface area is 148 Å². The van der Waals surface area contributed by atoms with Crippen molar-refractivity contribution in [3.63, 3.8) is 0 Å². The van der Waals surface area contributed by atoms with E-state index in [4.69, 9.17) is 21.1 Å². The van der Waals surface area contributed by atoms with E-state index in [1.165, 1.54) is 6.08 Å². The van der Waals surface area contributed by atoms with Crippen LogP contribution in [0.4, 0.5) is 0 Å². The lowest BCUT2D eigenvalue weighted by Gasteiger charge is -2.10. The number of benzene rings is 2. The van der Waals surface area contributed by atoms with E-state index >= 15 is 0 Å². The quantitative estimate of drug-likeness (QED) is 0.534. The van der Waals surface area contributed by atoms with Gasteiger partial charge in [0.1, 0.15) is 0 Å². The van der Waals surface area contributed by atoms with Crippen molar-refractivity contribution in [2.75, 3.05) is 13.2 Å². The van der Waals surface area contributed by atoms with Gasteiger partial charge in [-0.25, -0.2) is 0 Å². The summed E-state index contributed by atoms with van der Waals surface area (Å²) in [5.74, 6) is 1.16. The van der Waals surface area contributed by atoms with E-state index in [1.54, 1.807) is 30.3 Å². The van der Waals surface area contributed by atoms with Gasteiger partial charge in [0.15, 0.2) is 17.3 Å². The van der Waals surface area contributed by atoms with Crippen molar-refractivity contribution in [2.24, 2.45) is 0 Å². The Morgan fingerprint density at radius 3 is 2.43 bits per heavy atom. The van der Waals surface area contributed by atoms with Crippen LogP contribution in [0.5, 0.6) is 11.5 Å². The summed E-state index contributed by atoms with van der Waals surface area (Å²) in [4.78, 5) is 12.4. The van der Waals surface area contributed by atoms with E-state index in [2.05, 4.69) is 15.9 Å². The molecule has 0 saturated carbocycles. The summed E-state index contributed by atoms with van der Waals surface area (Å²) in [6.07, 6.45) is 4.12. The predicted octanol–water partition coefficient (Wildman–Crippen LogP) is 5.16. The van der Waals surface area contributed by atoms with E-state index in [1.807, 2.05) is 12.1 Å². The summed E-state index contributed by atoms with van der Waals surface area (Å²) in [7, 11) is 0. The molecule has 3 nitrogen and oxygen atoms in total. The highest BCUT2D eigenvalue weighted by Gasteiger charge is 2.16. The van der Waals surface area contributed by atoms with Crippen LogP contribution in [-0.4, -0.2) is 19.0 Å². The monoisotopic (exact) mass is 392 g/mol. The SMILES string of the molecule is O=C(C=Cc1ccc(Cl)cc1)c1cc2c(cc1Br)OCCCO2. The molecule has 2 aromatic rings. The van der Waals surface area contributed by atoms with Crippen LogP contribution < -0.4 is 9.47 Å².